The molecule has 3 heteroatoms. The second-order valence-corrected chi connectivity index (χ2v) is 2.30. The van der Waals surface area contributed by atoms with Gasteiger partial charge in [0.25, 0.3) is 0 Å². The van der Waals surface area contributed by atoms with E-state index in [0.717, 1.165) is 12.2 Å². The summed E-state index contributed by atoms with van der Waals surface area (Å²) in [5, 5.41) is 0. The molecular formula is C9H11AlMnO. The Hall–Kier alpha value is -0.188. The normalized spacial score (nSPS) is 11.7. The van der Waals surface area contributed by atoms with Gasteiger partial charge in [0.05, 0.1) is 6.26 Å². The maximum Gasteiger partial charge on any atom is 0.187 e. The summed E-state index contributed by atoms with van der Waals surface area (Å²) in [6, 6.07) is 8.08. The van der Waals surface area contributed by atoms with Crippen molar-refractivity contribution in [1.29, 1.82) is 0 Å². The van der Waals surface area contributed by atoms with Crippen molar-refractivity contribution in [3.63, 3.8) is 0 Å². The minimum Gasteiger partial charge on any atom is -0.465 e. The van der Waals surface area contributed by atoms with Crippen molar-refractivity contribution >= 4 is 17.4 Å². The average Bonchev–Trinajstić information content (AvgIpc) is 2.05. The molecule has 2 rings (SSSR count). The van der Waals surface area contributed by atoms with Gasteiger partial charge in [0.1, 0.15) is 5.75 Å². The fourth-order valence-corrected chi connectivity index (χ4v) is 1.08. The zero-order valence-electron chi connectivity index (χ0n) is 5.96. The van der Waals surface area contributed by atoms with E-state index in [1.165, 1.54) is 5.56 Å². The Kier molecular flexibility index (Phi) is 5.37. The fourth-order valence-electron chi connectivity index (χ4n) is 1.08. The van der Waals surface area contributed by atoms with Gasteiger partial charge in [-0.3, -0.25) is 0 Å². The molecule has 1 aromatic carbocycles. The Morgan fingerprint density at radius 1 is 1.17 bits per heavy atom. The first-order valence-corrected chi connectivity index (χ1v) is 3.36. The monoisotopic (exact) mass is 217 g/mol. The summed E-state index contributed by atoms with van der Waals surface area (Å²) >= 11 is 0. The summed E-state index contributed by atoms with van der Waals surface area (Å²) in [4.78, 5) is 0. The summed E-state index contributed by atoms with van der Waals surface area (Å²) in [6.07, 6.45) is 4.75. The largest absolute Gasteiger partial charge is 0.465 e. The summed E-state index contributed by atoms with van der Waals surface area (Å²) in [5.41, 5.74) is 1.27. The third-order valence-corrected chi connectivity index (χ3v) is 1.60. The molecule has 0 amide bonds. The van der Waals surface area contributed by atoms with E-state index < -0.39 is 0 Å². The van der Waals surface area contributed by atoms with Crippen LogP contribution in [0.15, 0.2) is 36.6 Å². The molecule has 1 aromatic rings. The van der Waals surface area contributed by atoms with Crippen LogP contribution >= 0.6 is 0 Å². The molecule has 0 fully saturated rings. The van der Waals surface area contributed by atoms with Gasteiger partial charge in [0.2, 0.25) is 0 Å². The van der Waals surface area contributed by atoms with Crippen LogP contribution in [0.1, 0.15) is 5.56 Å². The van der Waals surface area contributed by atoms with Crippen LogP contribution in [0.3, 0.4) is 0 Å². The average molecular weight is 217 g/mol. The molecule has 0 saturated heterocycles. The van der Waals surface area contributed by atoms with Crippen LogP contribution in [-0.4, -0.2) is 17.4 Å². The first-order chi connectivity index (χ1) is 4.97. The molecule has 1 aliphatic rings. The van der Waals surface area contributed by atoms with Crippen molar-refractivity contribution in [2.75, 3.05) is 0 Å². The van der Waals surface area contributed by atoms with Crippen LogP contribution in [0.25, 0.3) is 0 Å². The number of hydrogen-bond donors (Lipinski definition) is 0. The Bertz CT molecular complexity index is 246. The van der Waals surface area contributed by atoms with Crippen LogP contribution < -0.4 is 4.74 Å². The van der Waals surface area contributed by atoms with E-state index >= 15 is 0 Å². The maximum atomic E-state index is 5.24. The SMILES string of the molecule is C1=COc2ccccc2C1.[AlH3].[Mn]. The first kappa shape index (κ1) is 11.8. The van der Waals surface area contributed by atoms with Crippen LogP contribution in [0.2, 0.25) is 0 Å². The van der Waals surface area contributed by atoms with Crippen molar-refractivity contribution in [3.8, 4) is 5.75 Å². The van der Waals surface area contributed by atoms with Crippen molar-refractivity contribution in [2.24, 2.45) is 0 Å². The van der Waals surface area contributed by atoms with E-state index in [1.807, 2.05) is 24.3 Å². The molecule has 12 heavy (non-hydrogen) atoms. The predicted octanol–water partition coefficient (Wildman–Crippen LogP) is 0.949. The molecule has 0 saturated carbocycles. The van der Waals surface area contributed by atoms with Crippen molar-refractivity contribution in [3.05, 3.63) is 42.2 Å². The van der Waals surface area contributed by atoms with Crippen LogP contribution in [-0.2, 0) is 23.5 Å². The van der Waals surface area contributed by atoms with Crippen LogP contribution in [0, 0.1) is 0 Å². The molecule has 0 spiro atoms. The molecule has 0 unspecified atom stereocenters. The number of benzene rings is 1. The quantitative estimate of drug-likeness (QED) is 0.588. The number of ether oxygens (including phenoxy) is 1. The van der Waals surface area contributed by atoms with E-state index in [0.29, 0.717) is 0 Å². The van der Waals surface area contributed by atoms with Gasteiger partial charge >= 0.3 is 0 Å². The first-order valence-electron chi connectivity index (χ1n) is 3.36. The van der Waals surface area contributed by atoms with Crippen molar-refractivity contribution in [1.82, 2.24) is 0 Å². The van der Waals surface area contributed by atoms with E-state index in [-0.39, 0.29) is 34.4 Å². The van der Waals surface area contributed by atoms with Crippen LogP contribution in [0.4, 0.5) is 0 Å². The number of para-hydroxylation sites is 1. The zero-order chi connectivity index (χ0) is 6.81. The molecule has 1 heterocycles. The van der Waals surface area contributed by atoms with Gasteiger partial charge in [-0.05, 0) is 24.1 Å². The smallest absolute Gasteiger partial charge is 0.187 e. The summed E-state index contributed by atoms with van der Waals surface area (Å²) in [7, 11) is 0. The molecule has 1 aliphatic heterocycles. The van der Waals surface area contributed by atoms with E-state index in [4.69, 9.17) is 4.74 Å². The Morgan fingerprint density at radius 2 is 1.92 bits per heavy atom. The van der Waals surface area contributed by atoms with Crippen molar-refractivity contribution < 1.29 is 21.8 Å². The van der Waals surface area contributed by atoms with Gasteiger partial charge in [0.15, 0.2) is 17.4 Å². The molecule has 1 radical (unpaired) electrons. The second-order valence-electron chi connectivity index (χ2n) is 2.30. The molecule has 0 N–H and O–H groups in total. The third-order valence-electron chi connectivity index (χ3n) is 1.60. The minimum atomic E-state index is 0. The van der Waals surface area contributed by atoms with Gasteiger partial charge in [-0.1, -0.05) is 18.2 Å². The van der Waals surface area contributed by atoms with Crippen LogP contribution in [0.5, 0.6) is 5.75 Å². The van der Waals surface area contributed by atoms with Gasteiger partial charge in [-0.15, -0.1) is 0 Å². The molecular weight excluding hydrogens is 206 g/mol. The molecule has 0 bridgehead atoms. The predicted molar refractivity (Wildman–Crippen MR) is 49.9 cm³/mol. The Balaban J connectivity index is 0.000000605. The molecule has 0 aliphatic carbocycles. The summed E-state index contributed by atoms with van der Waals surface area (Å²) in [5.74, 6) is 0.991. The minimum absolute atomic E-state index is 0. The summed E-state index contributed by atoms with van der Waals surface area (Å²) in [6.45, 7) is 0. The van der Waals surface area contributed by atoms with Crippen molar-refractivity contribution in [2.45, 2.75) is 6.42 Å². The molecule has 0 aromatic heterocycles. The van der Waals surface area contributed by atoms with Gasteiger partial charge in [0, 0.05) is 17.1 Å². The van der Waals surface area contributed by atoms with E-state index in [1.54, 1.807) is 6.26 Å². The number of fused-ring (bicyclic) bond motifs is 1. The standard InChI is InChI=1S/C9H8O.Al.Mn.3H/c1-2-6-9-8(4-1)5-3-7-10-9;;;;;/h1-4,6-7H,5H2;;;;;. The van der Waals surface area contributed by atoms with Gasteiger partial charge in [-0.25, -0.2) is 0 Å². The Morgan fingerprint density at radius 3 is 2.67 bits per heavy atom. The van der Waals surface area contributed by atoms with E-state index in [9.17, 15) is 0 Å². The number of hydrogen-bond acceptors (Lipinski definition) is 1. The molecule has 0 atom stereocenters. The summed E-state index contributed by atoms with van der Waals surface area (Å²) < 4.78 is 5.24. The maximum absolute atomic E-state index is 5.24. The van der Waals surface area contributed by atoms with Gasteiger partial charge in [-0.2, -0.15) is 0 Å². The number of allylic oxidation sites excluding steroid dienone is 1. The second kappa shape index (κ2) is 5.46. The molecule has 63 valence electrons. The third kappa shape index (κ3) is 2.40. The zero-order valence-corrected chi connectivity index (χ0v) is 7.14. The molecule has 1 nitrogen and oxygen atoms in total. The topological polar surface area (TPSA) is 9.23 Å². The Labute approximate surface area is 93.4 Å². The van der Waals surface area contributed by atoms with E-state index in [2.05, 4.69) is 6.07 Å². The number of rotatable bonds is 0. The van der Waals surface area contributed by atoms with Gasteiger partial charge < -0.3 is 4.74 Å². The fraction of sp³-hybridized carbons (Fsp3) is 0.111.